The van der Waals surface area contributed by atoms with Crippen LogP contribution < -0.4 is 4.74 Å². The number of halogens is 5. The van der Waals surface area contributed by atoms with Gasteiger partial charge in [0.1, 0.15) is 24.8 Å². The molecule has 0 unspecified atom stereocenters. The van der Waals surface area contributed by atoms with Gasteiger partial charge in [-0.25, -0.2) is 4.39 Å². The van der Waals surface area contributed by atoms with Crippen LogP contribution in [-0.2, 0) is 10.1 Å². The van der Waals surface area contributed by atoms with Gasteiger partial charge in [-0.2, -0.15) is 13.2 Å². The molecule has 0 radical (unpaired) electrons. The molecule has 0 bridgehead atoms. The number of ether oxygens (including phenoxy) is 2. The minimum absolute atomic E-state index is 0.0682. The third-order valence-corrected chi connectivity index (χ3v) is 2.49. The first-order valence-corrected chi connectivity index (χ1v) is 6.15. The molecule has 0 aromatic heterocycles. The average Bonchev–Trinajstić information content (AvgIpc) is 2.26. The molecule has 0 spiro atoms. The van der Waals surface area contributed by atoms with Gasteiger partial charge in [0, 0.05) is 11.4 Å². The van der Waals surface area contributed by atoms with Crippen molar-refractivity contribution in [3.63, 3.8) is 0 Å². The van der Waals surface area contributed by atoms with Crippen molar-refractivity contribution < 1.29 is 27.0 Å². The van der Waals surface area contributed by atoms with Crippen molar-refractivity contribution in [1.82, 2.24) is 0 Å². The van der Waals surface area contributed by atoms with Crippen LogP contribution in [0.2, 0.25) is 0 Å². The summed E-state index contributed by atoms with van der Waals surface area (Å²) in [6, 6.07) is 4.10. The Labute approximate surface area is 110 Å². The Morgan fingerprint density at radius 2 is 1.83 bits per heavy atom. The van der Waals surface area contributed by atoms with E-state index < -0.39 is 18.6 Å². The minimum Gasteiger partial charge on any atom is -0.491 e. The molecule has 0 amide bonds. The van der Waals surface area contributed by atoms with Crippen LogP contribution in [0.1, 0.15) is 5.56 Å². The lowest BCUT2D eigenvalue weighted by atomic mass is 10.2. The quantitative estimate of drug-likeness (QED) is 0.450. The van der Waals surface area contributed by atoms with Crippen molar-refractivity contribution >= 4 is 15.9 Å². The second-order valence-corrected chi connectivity index (χ2v) is 4.01. The topological polar surface area (TPSA) is 18.5 Å². The number of alkyl halides is 4. The Balaban J connectivity index is 2.33. The maximum atomic E-state index is 13.1. The minimum atomic E-state index is -4.35. The van der Waals surface area contributed by atoms with Gasteiger partial charge in [0.05, 0.1) is 6.61 Å². The maximum absolute atomic E-state index is 13.1. The molecule has 0 aliphatic rings. The van der Waals surface area contributed by atoms with Gasteiger partial charge in [-0.15, -0.1) is 0 Å². The molecule has 2 nitrogen and oxygen atoms in total. The summed E-state index contributed by atoms with van der Waals surface area (Å²) in [5.41, 5.74) is 0.682. The van der Waals surface area contributed by atoms with Crippen LogP contribution in [0.5, 0.6) is 5.75 Å². The molecule has 1 rings (SSSR count). The molecule has 7 heteroatoms. The normalized spacial score (nSPS) is 11.6. The molecular formula is C11H11BrF4O2. The first-order chi connectivity index (χ1) is 8.40. The van der Waals surface area contributed by atoms with E-state index in [1.807, 2.05) is 0 Å². The summed E-state index contributed by atoms with van der Waals surface area (Å²) in [6.07, 6.45) is -4.35. The van der Waals surface area contributed by atoms with Gasteiger partial charge in [-0.1, -0.05) is 15.9 Å². The van der Waals surface area contributed by atoms with Gasteiger partial charge in [-0.05, 0) is 17.7 Å². The zero-order valence-corrected chi connectivity index (χ0v) is 10.9. The molecule has 102 valence electrons. The summed E-state index contributed by atoms with van der Waals surface area (Å²) in [4.78, 5) is 0. The number of hydrogen-bond acceptors (Lipinski definition) is 2. The Morgan fingerprint density at radius 3 is 2.44 bits per heavy atom. The van der Waals surface area contributed by atoms with Gasteiger partial charge >= 0.3 is 6.18 Å². The molecule has 0 saturated carbocycles. The molecule has 0 aliphatic carbocycles. The van der Waals surface area contributed by atoms with Crippen LogP contribution in [0.15, 0.2) is 18.2 Å². The van der Waals surface area contributed by atoms with E-state index in [1.165, 1.54) is 6.07 Å². The van der Waals surface area contributed by atoms with E-state index >= 15 is 0 Å². The van der Waals surface area contributed by atoms with Crippen molar-refractivity contribution in [1.29, 1.82) is 0 Å². The van der Waals surface area contributed by atoms with Crippen LogP contribution in [0.25, 0.3) is 0 Å². The van der Waals surface area contributed by atoms with Crippen molar-refractivity contribution in [2.75, 3.05) is 19.8 Å². The summed E-state index contributed by atoms with van der Waals surface area (Å²) in [5.74, 6) is -0.196. The van der Waals surface area contributed by atoms with E-state index in [-0.39, 0.29) is 19.0 Å². The molecular weight excluding hydrogens is 320 g/mol. The lowest BCUT2D eigenvalue weighted by molar-refractivity contribution is -0.175. The Morgan fingerprint density at radius 1 is 1.11 bits per heavy atom. The van der Waals surface area contributed by atoms with Gasteiger partial charge in [-0.3, -0.25) is 0 Å². The third kappa shape index (κ3) is 6.20. The summed E-state index contributed by atoms with van der Waals surface area (Å²) < 4.78 is 57.7. The highest BCUT2D eigenvalue weighted by molar-refractivity contribution is 9.08. The van der Waals surface area contributed by atoms with Crippen LogP contribution in [-0.4, -0.2) is 26.0 Å². The molecule has 0 fully saturated rings. The van der Waals surface area contributed by atoms with Gasteiger partial charge in [0.25, 0.3) is 0 Å². The SMILES string of the molecule is Fc1cc(CBr)cc(OCCOCC(F)(F)F)c1. The van der Waals surface area contributed by atoms with Gasteiger partial charge in [0.15, 0.2) is 0 Å². The number of benzene rings is 1. The highest BCUT2D eigenvalue weighted by Crippen LogP contribution is 2.18. The van der Waals surface area contributed by atoms with Crippen LogP contribution in [0.4, 0.5) is 17.6 Å². The standard InChI is InChI=1S/C11H11BrF4O2/c12-6-8-3-9(13)5-10(4-8)18-2-1-17-7-11(14,15)16/h3-5H,1-2,6-7H2. The summed E-state index contributed by atoms with van der Waals surface area (Å²) in [7, 11) is 0. The maximum Gasteiger partial charge on any atom is 0.411 e. The van der Waals surface area contributed by atoms with Crippen LogP contribution in [0, 0.1) is 5.82 Å². The lowest BCUT2D eigenvalue weighted by Gasteiger charge is -2.09. The lowest BCUT2D eigenvalue weighted by Crippen LogP contribution is -2.19. The number of rotatable bonds is 6. The van der Waals surface area contributed by atoms with E-state index in [9.17, 15) is 17.6 Å². The Hall–Kier alpha value is -0.820. The number of hydrogen-bond donors (Lipinski definition) is 0. The molecule has 1 aromatic carbocycles. The van der Waals surface area contributed by atoms with E-state index in [1.54, 1.807) is 6.07 Å². The fourth-order valence-corrected chi connectivity index (χ4v) is 1.51. The van der Waals surface area contributed by atoms with E-state index in [2.05, 4.69) is 20.7 Å². The monoisotopic (exact) mass is 330 g/mol. The van der Waals surface area contributed by atoms with Crippen molar-refractivity contribution in [2.24, 2.45) is 0 Å². The van der Waals surface area contributed by atoms with Crippen molar-refractivity contribution in [3.8, 4) is 5.75 Å². The summed E-state index contributed by atoms with van der Waals surface area (Å²) in [6.45, 7) is -1.59. The molecule has 1 aromatic rings. The first kappa shape index (κ1) is 15.2. The molecule has 0 saturated heterocycles. The molecule has 0 aliphatic heterocycles. The van der Waals surface area contributed by atoms with E-state index in [4.69, 9.17) is 4.74 Å². The summed E-state index contributed by atoms with van der Waals surface area (Å²) in [5, 5.41) is 0.464. The molecule has 0 heterocycles. The van der Waals surface area contributed by atoms with Crippen LogP contribution >= 0.6 is 15.9 Å². The highest BCUT2D eigenvalue weighted by atomic mass is 79.9. The average molecular weight is 331 g/mol. The molecule has 0 N–H and O–H groups in total. The van der Waals surface area contributed by atoms with E-state index in [0.717, 1.165) is 6.07 Å². The molecule has 0 atom stereocenters. The summed E-state index contributed by atoms with van der Waals surface area (Å²) >= 11 is 3.17. The predicted octanol–water partition coefficient (Wildman–Crippen LogP) is 3.68. The predicted molar refractivity (Wildman–Crippen MR) is 61.4 cm³/mol. The van der Waals surface area contributed by atoms with Crippen molar-refractivity contribution in [2.45, 2.75) is 11.5 Å². The van der Waals surface area contributed by atoms with Crippen molar-refractivity contribution in [3.05, 3.63) is 29.6 Å². The fraction of sp³-hybridized carbons (Fsp3) is 0.455. The van der Waals surface area contributed by atoms with Gasteiger partial charge < -0.3 is 9.47 Å². The second-order valence-electron chi connectivity index (χ2n) is 3.45. The molecule has 18 heavy (non-hydrogen) atoms. The Kier molecular flexibility index (Phi) is 5.87. The zero-order chi connectivity index (χ0) is 13.6. The van der Waals surface area contributed by atoms with Crippen LogP contribution in [0.3, 0.4) is 0 Å². The highest BCUT2D eigenvalue weighted by Gasteiger charge is 2.27. The van der Waals surface area contributed by atoms with Gasteiger partial charge in [0.2, 0.25) is 0 Å². The largest absolute Gasteiger partial charge is 0.491 e. The third-order valence-electron chi connectivity index (χ3n) is 1.85. The smallest absolute Gasteiger partial charge is 0.411 e. The Bertz CT molecular complexity index is 382. The fourth-order valence-electron chi connectivity index (χ4n) is 1.19. The van der Waals surface area contributed by atoms with E-state index in [0.29, 0.717) is 10.9 Å². The first-order valence-electron chi connectivity index (χ1n) is 5.03. The second kappa shape index (κ2) is 6.94. The zero-order valence-electron chi connectivity index (χ0n) is 9.27.